The van der Waals surface area contributed by atoms with Gasteiger partial charge in [0.15, 0.2) is 29.7 Å². The van der Waals surface area contributed by atoms with Gasteiger partial charge in [-0.2, -0.15) is 4.98 Å². The summed E-state index contributed by atoms with van der Waals surface area (Å²) in [4.78, 5) is 48.3. The van der Waals surface area contributed by atoms with Crippen molar-refractivity contribution in [1.82, 2.24) is 19.5 Å². The van der Waals surface area contributed by atoms with Crippen molar-refractivity contribution in [2.24, 2.45) is 0 Å². The van der Waals surface area contributed by atoms with Crippen LogP contribution in [0.2, 0.25) is 0 Å². The first-order valence-corrected chi connectivity index (χ1v) is 17.0. The molecular formula is C30H33FN5O8PS. The molecule has 2 N–H and O–H groups in total. The Balaban J connectivity index is 1.54. The maximum atomic E-state index is 16.6. The number of aromatic nitrogens is 4. The first-order chi connectivity index (χ1) is 22.1. The van der Waals surface area contributed by atoms with E-state index in [1.807, 2.05) is 30.3 Å². The van der Waals surface area contributed by atoms with Gasteiger partial charge in [-0.3, -0.25) is 29.0 Å². The summed E-state index contributed by atoms with van der Waals surface area (Å²) in [5.74, 6) is -1.45. The molecule has 0 saturated carbocycles. The highest BCUT2D eigenvalue weighted by molar-refractivity contribution is 8.05. The van der Waals surface area contributed by atoms with Crippen molar-refractivity contribution in [3.8, 4) is 0 Å². The molecule has 2 aromatic carbocycles. The van der Waals surface area contributed by atoms with E-state index in [0.29, 0.717) is 0 Å². The Labute approximate surface area is 267 Å². The monoisotopic (exact) mass is 673 g/mol. The van der Waals surface area contributed by atoms with Crippen LogP contribution in [0.1, 0.15) is 43.8 Å². The third-order valence-corrected chi connectivity index (χ3v) is 11.2. The fraction of sp³-hybridized carbons (Fsp3) is 0.367. The Morgan fingerprint density at radius 3 is 2.39 bits per heavy atom. The van der Waals surface area contributed by atoms with E-state index in [9.17, 15) is 18.9 Å². The van der Waals surface area contributed by atoms with Crippen molar-refractivity contribution < 1.29 is 37.1 Å². The van der Waals surface area contributed by atoms with Crippen molar-refractivity contribution in [2.75, 3.05) is 18.5 Å². The maximum absolute atomic E-state index is 16.6. The van der Waals surface area contributed by atoms with Gasteiger partial charge < -0.3 is 18.5 Å². The lowest BCUT2D eigenvalue weighted by Crippen LogP contribution is -2.34. The van der Waals surface area contributed by atoms with E-state index < -0.39 is 54.6 Å². The van der Waals surface area contributed by atoms with Gasteiger partial charge in [0.1, 0.15) is 4.99 Å². The molecule has 0 radical (unpaired) electrons. The first kappa shape index (κ1) is 33.5. The highest BCUT2D eigenvalue weighted by Crippen LogP contribution is 2.60. The number of carbonyl (C=O) groups excluding carboxylic acids is 2. The molecule has 0 spiro atoms. The minimum absolute atomic E-state index is 0.0457. The molecule has 1 aliphatic rings. The van der Waals surface area contributed by atoms with Crippen molar-refractivity contribution in [3.05, 3.63) is 82.9 Å². The maximum Gasteiger partial charge on any atom is 0.343 e. The smallest absolute Gasteiger partial charge is 0.343 e. The Kier molecular flexibility index (Phi) is 10.7. The van der Waals surface area contributed by atoms with Gasteiger partial charge in [-0.1, -0.05) is 36.4 Å². The van der Waals surface area contributed by atoms with Crippen molar-refractivity contribution in [2.45, 2.75) is 61.7 Å². The number of anilines is 1. The van der Waals surface area contributed by atoms with Crippen LogP contribution in [0.25, 0.3) is 11.2 Å². The molecule has 46 heavy (non-hydrogen) atoms. The number of H-pyrrole nitrogens is 1. The number of aromatic amines is 1. The number of amides is 1. The van der Waals surface area contributed by atoms with E-state index in [1.54, 1.807) is 32.0 Å². The van der Waals surface area contributed by atoms with Crippen molar-refractivity contribution >= 4 is 48.3 Å². The molecule has 5 atom stereocenters. The zero-order valence-electron chi connectivity index (χ0n) is 25.2. The molecule has 3 heterocycles. The number of nitrogens with zero attached hydrogens (tertiary/aromatic N) is 3. The number of hydrogen-bond acceptors (Lipinski definition) is 11. The number of imidazole rings is 1. The second kappa shape index (κ2) is 14.7. The SMILES string of the molecule is CCOP(=O)(OCC)C(C[C@H]1O[C@@H](n2cnc3c(=O)[nH]c(NC(C)=O)nc32)[C@H](OC(=O)c2ccccc2)[C@@H]1F)Sc1ccccc1. The van der Waals surface area contributed by atoms with E-state index in [4.69, 9.17) is 18.5 Å². The van der Waals surface area contributed by atoms with Crippen molar-refractivity contribution in [3.63, 3.8) is 0 Å². The molecule has 4 aromatic rings. The quantitative estimate of drug-likeness (QED) is 0.107. The summed E-state index contributed by atoms with van der Waals surface area (Å²) in [7, 11) is -3.82. The average Bonchev–Trinajstić information content (AvgIpc) is 3.58. The fourth-order valence-corrected chi connectivity index (χ4v) is 8.75. The molecular weight excluding hydrogens is 640 g/mol. The average molecular weight is 674 g/mol. The summed E-state index contributed by atoms with van der Waals surface area (Å²) in [5, 5.41) is 2.41. The highest BCUT2D eigenvalue weighted by Gasteiger charge is 2.52. The Morgan fingerprint density at radius 1 is 1.11 bits per heavy atom. The predicted octanol–water partition coefficient (Wildman–Crippen LogP) is 5.31. The van der Waals surface area contributed by atoms with Gasteiger partial charge in [0.25, 0.3) is 5.56 Å². The molecule has 13 nitrogen and oxygen atoms in total. The van der Waals surface area contributed by atoms with E-state index >= 15 is 4.39 Å². The summed E-state index contributed by atoms with van der Waals surface area (Å²) in [6, 6.07) is 17.2. The van der Waals surface area contributed by atoms with Gasteiger partial charge in [0.2, 0.25) is 11.9 Å². The molecule has 2 aromatic heterocycles. The van der Waals surface area contributed by atoms with Crippen LogP contribution < -0.4 is 10.9 Å². The Hall–Kier alpha value is -3.88. The number of esters is 1. The molecule has 1 amide bonds. The fourth-order valence-electron chi connectivity index (χ4n) is 5.00. The van der Waals surface area contributed by atoms with Gasteiger partial charge in [-0.05, 0) is 38.1 Å². The predicted molar refractivity (Wildman–Crippen MR) is 168 cm³/mol. The normalized spacial score (nSPS) is 20.4. The third-order valence-electron chi connectivity index (χ3n) is 6.94. The molecule has 16 heteroatoms. The number of alkyl halides is 1. The molecule has 0 bridgehead atoms. The minimum Gasteiger partial charge on any atom is -0.451 e. The molecule has 0 aliphatic carbocycles. The van der Waals surface area contributed by atoms with Crippen LogP contribution >= 0.6 is 19.4 Å². The highest BCUT2D eigenvalue weighted by atomic mass is 32.2. The lowest BCUT2D eigenvalue weighted by Gasteiger charge is -2.28. The van der Waals surface area contributed by atoms with Gasteiger partial charge >= 0.3 is 13.6 Å². The van der Waals surface area contributed by atoms with E-state index in [-0.39, 0.29) is 42.3 Å². The summed E-state index contributed by atoms with van der Waals surface area (Å²) in [6.45, 7) is 4.79. The molecule has 1 unspecified atom stereocenters. The number of benzene rings is 2. The number of halogens is 1. The third kappa shape index (κ3) is 7.39. The van der Waals surface area contributed by atoms with Crippen LogP contribution in [0.4, 0.5) is 10.3 Å². The summed E-state index contributed by atoms with van der Waals surface area (Å²) in [6.07, 6.45) is -5.04. The van der Waals surface area contributed by atoms with Gasteiger partial charge in [-0.25, -0.2) is 14.2 Å². The Bertz CT molecular complexity index is 1770. The Morgan fingerprint density at radius 2 is 1.76 bits per heavy atom. The molecule has 1 fully saturated rings. The second-order valence-electron chi connectivity index (χ2n) is 10.2. The lowest BCUT2D eigenvalue weighted by molar-refractivity contribution is -0.114. The standard InChI is InChI=1S/C30H33FN5O8PS/c1-4-41-45(40,42-5-2)22(46-20-14-10-7-11-15-20)16-21-23(31)25(44-29(39)19-12-8-6-9-13-19)28(43-21)36-17-32-24-26(36)34-30(33-18(3)37)35-27(24)38/h6-15,17,21-23,25,28H,4-5,16H2,1-3H3,(H2,33,34,35,37,38)/t21-,22?,23-,25-,28-/m1/s1. The molecule has 1 saturated heterocycles. The zero-order valence-corrected chi connectivity index (χ0v) is 26.9. The largest absolute Gasteiger partial charge is 0.451 e. The van der Waals surface area contributed by atoms with Crippen LogP contribution in [0.3, 0.4) is 0 Å². The van der Waals surface area contributed by atoms with Crippen LogP contribution in [-0.4, -0.2) is 68.0 Å². The van der Waals surface area contributed by atoms with Crippen LogP contribution in [-0.2, 0) is 27.9 Å². The minimum atomic E-state index is -3.82. The lowest BCUT2D eigenvalue weighted by atomic mass is 10.1. The van der Waals surface area contributed by atoms with E-state index in [1.165, 1.54) is 41.7 Å². The first-order valence-electron chi connectivity index (χ1n) is 14.5. The van der Waals surface area contributed by atoms with E-state index in [0.717, 1.165) is 4.90 Å². The molecule has 244 valence electrons. The van der Waals surface area contributed by atoms with Gasteiger partial charge in [0, 0.05) is 18.2 Å². The van der Waals surface area contributed by atoms with Crippen molar-refractivity contribution in [1.29, 1.82) is 0 Å². The van der Waals surface area contributed by atoms with Crippen LogP contribution in [0, 0.1) is 0 Å². The van der Waals surface area contributed by atoms with Gasteiger partial charge in [0.05, 0.1) is 31.2 Å². The zero-order chi connectivity index (χ0) is 32.8. The number of hydrogen-bond donors (Lipinski definition) is 2. The summed E-state index contributed by atoms with van der Waals surface area (Å²) < 4.78 is 55.2. The molecule has 5 rings (SSSR count). The topological polar surface area (TPSA) is 164 Å². The summed E-state index contributed by atoms with van der Waals surface area (Å²) >= 11 is 1.20. The van der Waals surface area contributed by atoms with Gasteiger partial charge in [-0.15, -0.1) is 11.8 Å². The number of ether oxygens (including phenoxy) is 2. The number of nitrogens with one attached hydrogen (secondary N) is 2. The number of thioether (sulfide) groups is 1. The van der Waals surface area contributed by atoms with E-state index in [2.05, 4.69) is 20.3 Å². The number of fused-ring (bicyclic) bond motifs is 1. The van der Waals surface area contributed by atoms with Crippen LogP contribution in [0.5, 0.6) is 0 Å². The van der Waals surface area contributed by atoms with Crippen LogP contribution in [0.15, 0.2) is 76.7 Å². The summed E-state index contributed by atoms with van der Waals surface area (Å²) in [5.41, 5.74) is -0.634. The molecule has 1 aliphatic heterocycles. The second-order valence-corrected chi connectivity index (χ2v) is 14.0. The number of rotatable bonds is 13. The number of carbonyl (C=O) groups is 2.